The van der Waals surface area contributed by atoms with Gasteiger partial charge in [-0.1, -0.05) is 11.8 Å². The molecule has 1 aliphatic heterocycles. The number of aliphatic hydroxyl groups is 1. The van der Waals surface area contributed by atoms with Gasteiger partial charge in [0.25, 0.3) is 0 Å². The van der Waals surface area contributed by atoms with E-state index in [2.05, 4.69) is 15.3 Å². The Morgan fingerprint density at radius 2 is 1.81 bits per heavy atom. The summed E-state index contributed by atoms with van der Waals surface area (Å²) < 4.78 is 0. The number of nitrogens with one attached hydrogen (secondary N) is 1. The number of aryl methyl sites for hydroxylation is 2. The maximum absolute atomic E-state index is 9.70. The van der Waals surface area contributed by atoms with Crippen molar-refractivity contribution in [3.63, 3.8) is 0 Å². The minimum Gasteiger partial charge on any atom is -0.391 e. The molecular formula is C11H17N3OS. The quantitative estimate of drug-likeness (QED) is 0.749. The van der Waals surface area contributed by atoms with E-state index in [-0.39, 0.29) is 11.4 Å². The molecule has 1 fully saturated rings. The second kappa shape index (κ2) is 4.69. The summed E-state index contributed by atoms with van der Waals surface area (Å²) in [6.45, 7) is 7.52. The van der Waals surface area contributed by atoms with Gasteiger partial charge in [0.1, 0.15) is 0 Å². The van der Waals surface area contributed by atoms with Crippen molar-refractivity contribution in [1.29, 1.82) is 0 Å². The van der Waals surface area contributed by atoms with Crippen LogP contribution in [0.3, 0.4) is 0 Å². The van der Waals surface area contributed by atoms with E-state index >= 15 is 0 Å². The van der Waals surface area contributed by atoms with Gasteiger partial charge in [0, 0.05) is 24.5 Å². The average Bonchev–Trinajstić information content (AvgIpc) is 2.61. The minimum absolute atomic E-state index is 0.168. The minimum atomic E-state index is -0.296. The van der Waals surface area contributed by atoms with Crippen molar-refractivity contribution in [1.82, 2.24) is 15.3 Å². The van der Waals surface area contributed by atoms with Crippen molar-refractivity contribution in [3.05, 3.63) is 17.0 Å². The van der Waals surface area contributed by atoms with Crippen LogP contribution in [0.25, 0.3) is 0 Å². The number of β-amino-alcohol motifs (C(OH)–C–C–N with tert-alkyl or cyclic N) is 1. The predicted molar refractivity (Wildman–Crippen MR) is 64.8 cm³/mol. The van der Waals surface area contributed by atoms with Crippen molar-refractivity contribution >= 4 is 11.8 Å². The average molecular weight is 239 g/mol. The van der Waals surface area contributed by atoms with Gasteiger partial charge in [0.05, 0.1) is 11.4 Å². The Bertz CT molecular complexity index is 374. The van der Waals surface area contributed by atoms with Gasteiger partial charge in [-0.05, 0) is 26.3 Å². The Labute approximate surface area is 99.9 Å². The zero-order valence-electron chi connectivity index (χ0n) is 9.82. The molecule has 0 aromatic carbocycles. The van der Waals surface area contributed by atoms with E-state index in [4.69, 9.17) is 0 Å². The normalized spacial score (nSPS) is 25.0. The first-order valence-electron chi connectivity index (χ1n) is 5.45. The van der Waals surface area contributed by atoms with Gasteiger partial charge in [-0.2, -0.15) is 0 Å². The predicted octanol–water partition coefficient (Wildman–Crippen LogP) is 0.827. The zero-order chi connectivity index (χ0) is 11.7. The first-order chi connectivity index (χ1) is 7.58. The van der Waals surface area contributed by atoms with E-state index in [1.54, 1.807) is 11.8 Å². The molecule has 1 aromatic rings. The van der Waals surface area contributed by atoms with E-state index in [9.17, 15) is 5.11 Å². The number of aromatic nitrogens is 2. The maximum atomic E-state index is 9.70. The molecule has 0 bridgehead atoms. The smallest absolute Gasteiger partial charge is 0.188 e. The number of thioether (sulfide) groups is 1. The largest absolute Gasteiger partial charge is 0.391 e. The van der Waals surface area contributed by atoms with Crippen LogP contribution in [0.2, 0.25) is 0 Å². The summed E-state index contributed by atoms with van der Waals surface area (Å²) in [5, 5.41) is 13.8. The van der Waals surface area contributed by atoms with Crippen LogP contribution >= 0.6 is 11.8 Å². The van der Waals surface area contributed by atoms with E-state index in [0.29, 0.717) is 6.54 Å². The van der Waals surface area contributed by atoms with Gasteiger partial charge in [0.15, 0.2) is 5.16 Å². The van der Waals surface area contributed by atoms with Crippen LogP contribution in [0.4, 0.5) is 0 Å². The molecule has 2 atom stereocenters. The van der Waals surface area contributed by atoms with Gasteiger partial charge >= 0.3 is 0 Å². The van der Waals surface area contributed by atoms with E-state index in [1.807, 2.05) is 20.8 Å². The summed E-state index contributed by atoms with van der Waals surface area (Å²) in [7, 11) is 0. The van der Waals surface area contributed by atoms with Crippen molar-refractivity contribution in [2.75, 3.05) is 13.1 Å². The molecule has 1 aromatic heterocycles. The van der Waals surface area contributed by atoms with Crippen molar-refractivity contribution < 1.29 is 5.11 Å². The summed E-state index contributed by atoms with van der Waals surface area (Å²) in [4.78, 5) is 8.89. The van der Waals surface area contributed by atoms with Crippen LogP contribution in [0, 0.1) is 20.8 Å². The molecule has 0 spiro atoms. The molecule has 2 heterocycles. The molecule has 0 saturated carbocycles. The fourth-order valence-corrected chi connectivity index (χ4v) is 2.80. The highest BCUT2D eigenvalue weighted by Crippen LogP contribution is 2.25. The van der Waals surface area contributed by atoms with Crippen molar-refractivity contribution in [3.8, 4) is 0 Å². The summed E-state index contributed by atoms with van der Waals surface area (Å²) in [5.41, 5.74) is 3.19. The first-order valence-corrected chi connectivity index (χ1v) is 6.33. The molecule has 2 N–H and O–H groups in total. The Balaban J connectivity index is 2.15. The molecule has 1 aliphatic rings. The number of hydrogen-bond acceptors (Lipinski definition) is 5. The number of rotatable bonds is 2. The third kappa shape index (κ3) is 2.36. The fraction of sp³-hybridized carbons (Fsp3) is 0.636. The van der Waals surface area contributed by atoms with Crippen molar-refractivity contribution in [2.45, 2.75) is 37.3 Å². The van der Waals surface area contributed by atoms with Gasteiger partial charge < -0.3 is 10.4 Å². The lowest BCUT2D eigenvalue weighted by atomic mass is 10.2. The Morgan fingerprint density at radius 1 is 1.19 bits per heavy atom. The molecule has 0 aliphatic carbocycles. The van der Waals surface area contributed by atoms with Gasteiger partial charge in [-0.25, -0.2) is 9.97 Å². The molecule has 2 rings (SSSR count). The second-order valence-electron chi connectivity index (χ2n) is 4.18. The zero-order valence-corrected chi connectivity index (χ0v) is 10.6. The van der Waals surface area contributed by atoms with Crippen LogP contribution in [-0.4, -0.2) is 39.5 Å². The molecule has 16 heavy (non-hydrogen) atoms. The molecule has 5 heteroatoms. The van der Waals surface area contributed by atoms with E-state index in [0.717, 1.165) is 28.7 Å². The summed E-state index contributed by atoms with van der Waals surface area (Å²) in [5.74, 6) is 0. The van der Waals surface area contributed by atoms with Gasteiger partial charge in [0.2, 0.25) is 0 Å². The number of hydrogen-bond donors (Lipinski definition) is 2. The molecule has 0 radical (unpaired) electrons. The van der Waals surface area contributed by atoms with E-state index < -0.39 is 0 Å². The van der Waals surface area contributed by atoms with Crippen LogP contribution < -0.4 is 5.32 Å². The van der Waals surface area contributed by atoms with Crippen LogP contribution in [0.15, 0.2) is 5.16 Å². The Morgan fingerprint density at radius 3 is 2.31 bits per heavy atom. The SMILES string of the molecule is Cc1nc(SC2CNCC2O)nc(C)c1C. The van der Waals surface area contributed by atoms with Gasteiger partial charge in [-0.3, -0.25) is 0 Å². The molecule has 2 unspecified atom stereocenters. The lowest BCUT2D eigenvalue weighted by Crippen LogP contribution is -2.20. The Hall–Kier alpha value is -0.650. The monoisotopic (exact) mass is 239 g/mol. The van der Waals surface area contributed by atoms with Crippen LogP contribution in [-0.2, 0) is 0 Å². The topological polar surface area (TPSA) is 58.0 Å². The molecular weight excluding hydrogens is 222 g/mol. The standard InChI is InChI=1S/C11H17N3OS/c1-6-7(2)13-11(14-8(6)3)16-10-5-12-4-9(10)15/h9-10,12,15H,4-5H2,1-3H3. The van der Waals surface area contributed by atoms with Crippen LogP contribution in [0.5, 0.6) is 0 Å². The highest BCUT2D eigenvalue weighted by molar-refractivity contribution is 7.99. The van der Waals surface area contributed by atoms with E-state index in [1.165, 1.54) is 0 Å². The second-order valence-corrected chi connectivity index (χ2v) is 5.39. The summed E-state index contributed by atoms with van der Waals surface area (Å²) in [6.07, 6.45) is -0.296. The maximum Gasteiger partial charge on any atom is 0.188 e. The van der Waals surface area contributed by atoms with Crippen molar-refractivity contribution in [2.24, 2.45) is 0 Å². The molecule has 0 amide bonds. The highest BCUT2D eigenvalue weighted by atomic mass is 32.2. The Kier molecular flexibility index (Phi) is 3.47. The third-order valence-electron chi connectivity index (χ3n) is 3.00. The summed E-state index contributed by atoms with van der Waals surface area (Å²) in [6, 6.07) is 0. The lowest BCUT2D eigenvalue weighted by molar-refractivity contribution is 0.201. The lowest BCUT2D eigenvalue weighted by Gasteiger charge is -2.13. The number of aliphatic hydroxyl groups excluding tert-OH is 1. The van der Waals surface area contributed by atoms with Gasteiger partial charge in [-0.15, -0.1) is 0 Å². The molecule has 1 saturated heterocycles. The third-order valence-corrected chi connectivity index (χ3v) is 4.17. The fourth-order valence-electron chi connectivity index (χ4n) is 1.69. The molecule has 88 valence electrons. The number of nitrogens with zero attached hydrogens (tertiary/aromatic N) is 2. The first kappa shape index (κ1) is 11.8. The van der Waals surface area contributed by atoms with Crippen LogP contribution in [0.1, 0.15) is 17.0 Å². The summed E-state index contributed by atoms with van der Waals surface area (Å²) >= 11 is 1.56. The highest BCUT2D eigenvalue weighted by Gasteiger charge is 2.26. The molecule has 4 nitrogen and oxygen atoms in total.